The number of allylic oxidation sites excluding steroid dienone is 3. The number of nitrogens with two attached hydrogens (primary N) is 1. The summed E-state index contributed by atoms with van der Waals surface area (Å²) in [7, 11) is 0. The maximum absolute atomic E-state index is 13.6. The molecule has 32 heavy (non-hydrogen) atoms. The third kappa shape index (κ3) is 3.28. The second kappa shape index (κ2) is 7.61. The van der Waals surface area contributed by atoms with Gasteiger partial charge in [0.2, 0.25) is 0 Å². The van der Waals surface area contributed by atoms with Crippen LogP contribution in [0.15, 0.2) is 81.0 Å². The highest BCUT2D eigenvalue weighted by molar-refractivity contribution is 9.11. The van der Waals surface area contributed by atoms with Gasteiger partial charge in [0.15, 0.2) is 5.78 Å². The van der Waals surface area contributed by atoms with Crippen LogP contribution in [0.25, 0.3) is 10.8 Å². The topological polar surface area (TPSA) is 70.1 Å². The van der Waals surface area contributed by atoms with Crippen molar-refractivity contribution in [1.29, 1.82) is 5.26 Å². The van der Waals surface area contributed by atoms with E-state index in [1.165, 1.54) is 0 Å². The highest BCUT2D eigenvalue weighted by Gasteiger charge is 2.45. The first-order valence-corrected chi connectivity index (χ1v) is 12.1. The van der Waals surface area contributed by atoms with Crippen LogP contribution in [-0.2, 0) is 4.79 Å². The molecule has 1 atom stereocenters. The molecule has 5 rings (SSSR count). The van der Waals surface area contributed by atoms with Gasteiger partial charge in [0.25, 0.3) is 0 Å². The molecule has 0 bridgehead atoms. The van der Waals surface area contributed by atoms with E-state index in [0.29, 0.717) is 29.8 Å². The maximum Gasteiger partial charge on any atom is 0.162 e. The number of Topliss-reactive ketones (excluding diaryl/α,β-unsaturated/α-hetero) is 1. The smallest absolute Gasteiger partial charge is 0.162 e. The fraction of sp³-hybridized carbons (Fsp3) is 0.231. The van der Waals surface area contributed by atoms with E-state index in [1.54, 1.807) is 11.3 Å². The molecular weight excluding hydrogens is 482 g/mol. The molecule has 4 nitrogen and oxygen atoms in total. The van der Waals surface area contributed by atoms with Crippen molar-refractivity contribution in [3.8, 4) is 6.07 Å². The van der Waals surface area contributed by atoms with Crippen molar-refractivity contribution in [1.82, 2.24) is 0 Å². The number of hydrogen-bond acceptors (Lipinski definition) is 5. The minimum Gasteiger partial charge on any atom is -0.384 e. The zero-order chi connectivity index (χ0) is 22.6. The van der Waals surface area contributed by atoms with E-state index in [-0.39, 0.29) is 11.2 Å². The predicted molar refractivity (Wildman–Crippen MR) is 133 cm³/mol. The first kappa shape index (κ1) is 21.0. The van der Waals surface area contributed by atoms with Gasteiger partial charge in [0.05, 0.1) is 27.0 Å². The molecule has 1 unspecified atom stereocenters. The Morgan fingerprint density at radius 3 is 2.59 bits per heavy atom. The molecule has 160 valence electrons. The van der Waals surface area contributed by atoms with Crippen LogP contribution >= 0.6 is 27.3 Å². The Morgan fingerprint density at radius 1 is 1.12 bits per heavy atom. The van der Waals surface area contributed by atoms with E-state index in [4.69, 9.17) is 5.73 Å². The Labute approximate surface area is 199 Å². The summed E-state index contributed by atoms with van der Waals surface area (Å²) in [5.41, 5.74) is 9.52. The van der Waals surface area contributed by atoms with Gasteiger partial charge in [0, 0.05) is 28.0 Å². The summed E-state index contributed by atoms with van der Waals surface area (Å²) in [4.78, 5) is 16.5. The van der Waals surface area contributed by atoms with Crippen LogP contribution < -0.4 is 10.6 Å². The molecular formula is C26H22BrN3OS. The van der Waals surface area contributed by atoms with Crippen LogP contribution in [0.1, 0.15) is 37.5 Å². The van der Waals surface area contributed by atoms with Crippen molar-refractivity contribution in [2.75, 3.05) is 4.90 Å². The monoisotopic (exact) mass is 503 g/mol. The van der Waals surface area contributed by atoms with Crippen LogP contribution in [0.3, 0.4) is 0 Å². The molecule has 6 heteroatoms. The molecule has 0 spiro atoms. The molecule has 3 aromatic rings. The third-order valence-electron chi connectivity index (χ3n) is 6.27. The van der Waals surface area contributed by atoms with Crippen molar-refractivity contribution >= 4 is 49.5 Å². The molecule has 1 aromatic heterocycles. The van der Waals surface area contributed by atoms with Crippen LogP contribution in [0, 0.1) is 16.7 Å². The number of ketones is 1. The SMILES string of the molecule is CC1(C)CC(=O)C2=C(C1)N(c1cccc3ccccc13)C(N)=C(C#N)C2c1ccc(Br)s1. The first-order chi connectivity index (χ1) is 15.3. The second-order valence-corrected chi connectivity index (χ2v) is 11.6. The quantitative estimate of drug-likeness (QED) is 0.427. The fourth-order valence-corrected chi connectivity index (χ4v) is 6.50. The van der Waals surface area contributed by atoms with Gasteiger partial charge in [-0.05, 0) is 51.4 Å². The zero-order valence-electron chi connectivity index (χ0n) is 17.9. The molecule has 2 aliphatic rings. The minimum absolute atomic E-state index is 0.0938. The number of nitrogens with zero attached hydrogens (tertiary/aromatic N) is 2. The average molecular weight is 504 g/mol. The van der Waals surface area contributed by atoms with E-state index in [1.807, 2.05) is 41.3 Å². The van der Waals surface area contributed by atoms with E-state index >= 15 is 0 Å². The zero-order valence-corrected chi connectivity index (χ0v) is 20.3. The number of halogens is 1. The number of anilines is 1. The number of carbonyl (C=O) groups is 1. The normalized spacial score (nSPS) is 20.5. The summed E-state index contributed by atoms with van der Waals surface area (Å²) < 4.78 is 0.964. The van der Waals surface area contributed by atoms with Crippen molar-refractivity contribution in [3.05, 3.63) is 85.9 Å². The number of hydrogen-bond donors (Lipinski definition) is 1. The largest absolute Gasteiger partial charge is 0.384 e. The second-order valence-electron chi connectivity index (χ2n) is 9.12. The van der Waals surface area contributed by atoms with Crippen LogP contribution in [-0.4, -0.2) is 5.78 Å². The lowest BCUT2D eigenvalue weighted by atomic mass is 9.69. The Bertz CT molecular complexity index is 1370. The average Bonchev–Trinajstić information content (AvgIpc) is 3.18. The highest BCUT2D eigenvalue weighted by Crippen LogP contribution is 2.52. The molecule has 1 aliphatic heterocycles. The Morgan fingerprint density at radius 2 is 1.88 bits per heavy atom. The van der Waals surface area contributed by atoms with Crippen LogP contribution in [0.5, 0.6) is 0 Å². The number of nitriles is 1. The van der Waals surface area contributed by atoms with Crippen LogP contribution in [0.2, 0.25) is 0 Å². The molecule has 0 radical (unpaired) electrons. The third-order valence-corrected chi connectivity index (χ3v) is 7.96. The Balaban J connectivity index is 1.83. The van der Waals surface area contributed by atoms with Gasteiger partial charge in [-0.15, -0.1) is 11.3 Å². The van der Waals surface area contributed by atoms with Gasteiger partial charge in [0.1, 0.15) is 5.82 Å². The number of rotatable bonds is 2. The summed E-state index contributed by atoms with van der Waals surface area (Å²) in [6, 6.07) is 20.5. The van der Waals surface area contributed by atoms with Crippen molar-refractivity contribution < 1.29 is 4.79 Å². The summed E-state index contributed by atoms with van der Waals surface area (Å²) in [6.45, 7) is 4.23. The highest BCUT2D eigenvalue weighted by atomic mass is 79.9. The molecule has 0 saturated carbocycles. The molecule has 1 aliphatic carbocycles. The van der Waals surface area contributed by atoms with Crippen molar-refractivity contribution in [3.63, 3.8) is 0 Å². The lowest BCUT2D eigenvalue weighted by Crippen LogP contribution is -2.42. The molecule has 0 fully saturated rings. The summed E-state index contributed by atoms with van der Waals surface area (Å²) in [5, 5.41) is 12.3. The van der Waals surface area contributed by atoms with Crippen LogP contribution in [0.4, 0.5) is 5.69 Å². The standard InChI is InChI=1S/C26H22BrN3OS/c1-26(2)12-19-24(20(31)13-26)23(21-10-11-22(27)32-21)17(14-28)25(29)30(19)18-9-5-7-15-6-3-4-8-16(15)18/h3-11,23H,12-13,29H2,1-2H3. The number of carbonyl (C=O) groups excluding carboxylic acids is 1. The molecule has 2 heterocycles. The Kier molecular flexibility index (Phi) is 4.99. The van der Waals surface area contributed by atoms with Gasteiger partial charge in [-0.25, -0.2) is 0 Å². The summed E-state index contributed by atoms with van der Waals surface area (Å²) in [5.74, 6) is 0.0695. The van der Waals surface area contributed by atoms with Crippen molar-refractivity contribution in [2.24, 2.45) is 11.1 Å². The molecule has 2 aromatic carbocycles. The number of thiophene rings is 1. The lowest BCUT2D eigenvalue weighted by molar-refractivity contribution is -0.118. The van der Waals surface area contributed by atoms with Gasteiger partial charge < -0.3 is 5.73 Å². The van der Waals surface area contributed by atoms with Gasteiger partial charge in [-0.2, -0.15) is 5.26 Å². The molecule has 2 N–H and O–H groups in total. The lowest BCUT2D eigenvalue weighted by Gasteiger charge is -2.43. The Hall–Kier alpha value is -2.88. The summed E-state index contributed by atoms with van der Waals surface area (Å²) in [6.07, 6.45) is 1.16. The van der Waals surface area contributed by atoms with Gasteiger partial charge in [-0.3, -0.25) is 9.69 Å². The first-order valence-electron chi connectivity index (χ1n) is 10.5. The number of fused-ring (bicyclic) bond motifs is 1. The van der Waals surface area contributed by atoms with E-state index in [9.17, 15) is 10.1 Å². The van der Waals surface area contributed by atoms with E-state index < -0.39 is 5.92 Å². The van der Waals surface area contributed by atoms with E-state index in [2.05, 4.69) is 54.0 Å². The fourth-order valence-electron chi connectivity index (χ4n) is 4.96. The number of benzene rings is 2. The minimum atomic E-state index is -0.430. The maximum atomic E-state index is 13.6. The molecule has 0 amide bonds. The van der Waals surface area contributed by atoms with E-state index in [0.717, 1.165) is 30.8 Å². The van der Waals surface area contributed by atoms with Crippen molar-refractivity contribution in [2.45, 2.75) is 32.6 Å². The molecule has 0 saturated heterocycles. The van der Waals surface area contributed by atoms with Gasteiger partial charge in [-0.1, -0.05) is 50.2 Å². The summed E-state index contributed by atoms with van der Waals surface area (Å²) >= 11 is 5.07. The predicted octanol–water partition coefficient (Wildman–Crippen LogP) is 6.60. The van der Waals surface area contributed by atoms with Gasteiger partial charge >= 0.3 is 0 Å².